The van der Waals surface area contributed by atoms with E-state index in [4.69, 9.17) is 4.74 Å². The van der Waals surface area contributed by atoms with Crippen molar-refractivity contribution in [1.29, 1.82) is 0 Å². The summed E-state index contributed by atoms with van der Waals surface area (Å²) in [7, 11) is 1.34. The van der Waals surface area contributed by atoms with E-state index in [9.17, 15) is 9.59 Å². The van der Waals surface area contributed by atoms with Gasteiger partial charge in [-0.3, -0.25) is 4.79 Å². The second kappa shape index (κ2) is 8.77. The number of ether oxygens (including phenoxy) is 1. The molecule has 2 aromatic carbocycles. The van der Waals surface area contributed by atoms with Crippen LogP contribution in [0.4, 0.5) is 5.00 Å². The van der Waals surface area contributed by atoms with Crippen LogP contribution in [0.25, 0.3) is 21.3 Å². The summed E-state index contributed by atoms with van der Waals surface area (Å²) in [5.41, 5.74) is 2.95. The molecule has 0 saturated heterocycles. The quantitative estimate of drug-likeness (QED) is 0.315. The minimum Gasteiger partial charge on any atom is -0.465 e. The van der Waals surface area contributed by atoms with E-state index in [0.717, 1.165) is 25.7 Å². The maximum atomic E-state index is 12.5. The van der Waals surface area contributed by atoms with Crippen molar-refractivity contribution in [3.8, 4) is 11.1 Å². The molecule has 1 N–H and O–H groups in total. The van der Waals surface area contributed by atoms with Crippen molar-refractivity contribution in [2.24, 2.45) is 0 Å². The molecule has 0 aliphatic carbocycles. The molecule has 0 unspecified atom stereocenters. The number of rotatable bonds is 6. The highest BCUT2D eigenvalue weighted by Crippen LogP contribution is 2.36. The van der Waals surface area contributed by atoms with Gasteiger partial charge in [0.05, 0.1) is 23.1 Å². The number of thiophene rings is 1. The highest BCUT2D eigenvalue weighted by atomic mass is 32.2. The zero-order valence-electron chi connectivity index (χ0n) is 15.4. The summed E-state index contributed by atoms with van der Waals surface area (Å²) in [6, 6.07) is 17.4. The van der Waals surface area contributed by atoms with Crippen LogP contribution >= 0.6 is 34.4 Å². The zero-order valence-corrected chi connectivity index (χ0v) is 17.8. The van der Waals surface area contributed by atoms with Crippen molar-refractivity contribution >= 4 is 61.5 Å². The highest BCUT2D eigenvalue weighted by molar-refractivity contribution is 8.01. The topological polar surface area (TPSA) is 68.3 Å². The molecule has 5 nitrogen and oxygen atoms in total. The molecule has 0 atom stereocenters. The number of amides is 1. The number of anilines is 1. The van der Waals surface area contributed by atoms with Crippen LogP contribution in [0, 0.1) is 0 Å². The molecule has 4 rings (SSSR count). The Bertz CT molecular complexity index is 1140. The number of nitrogens with one attached hydrogen (secondary N) is 1. The van der Waals surface area contributed by atoms with Crippen LogP contribution in [0.5, 0.6) is 0 Å². The lowest BCUT2D eigenvalue weighted by molar-refractivity contribution is -0.113. The van der Waals surface area contributed by atoms with E-state index in [2.05, 4.69) is 10.3 Å². The number of nitrogens with zero attached hydrogens (tertiary/aromatic N) is 1. The Labute approximate surface area is 179 Å². The van der Waals surface area contributed by atoms with Crippen LogP contribution < -0.4 is 5.32 Å². The van der Waals surface area contributed by atoms with Crippen LogP contribution in [0.1, 0.15) is 10.4 Å². The van der Waals surface area contributed by atoms with Gasteiger partial charge >= 0.3 is 5.97 Å². The number of hydrogen-bond donors (Lipinski definition) is 1. The molecule has 0 aliphatic heterocycles. The van der Waals surface area contributed by atoms with Crippen LogP contribution in [-0.4, -0.2) is 29.7 Å². The minimum atomic E-state index is -0.473. The van der Waals surface area contributed by atoms with Crippen molar-refractivity contribution < 1.29 is 14.3 Å². The number of fused-ring (bicyclic) bond motifs is 1. The molecule has 2 aromatic heterocycles. The molecule has 4 aromatic rings. The van der Waals surface area contributed by atoms with Crippen LogP contribution in [-0.2, 0) is 9.53 Å². The van der Waals surface area contributed by atoms with Crippen LogP contribution in [0.15, 0.2) is 64.3 Å². The molecule has 2 heterocycles. The number of thiazole rings is 1. The largest absolute Gasteiger partial charge is 0.465 e. The average Bonchev–Trinajstić information content (AvgIpc) is 3.36. The van der Waals surface area contributed by atoms with Gasteiger partial charge in [-0.1, -0.05) is 54.2 Å². The minimum absolute atomic E-state index is 0.194. The summed E-state index contributed by atoms with van der Waals surface area (Å²) in [5, 5.41) is 5.21. The first-order valence-electron chi connectivity index (χ1n) is 8.69. The number of aromatic nitrogens is 1. The van der Waals surface area contributed by atoms with Gasteiger partial charge in [-0.15, -0.1) is 22.7 Å². The lowest BCUT2D eigenvalue weighted by atomic mass is 10.0. The molecule has 146 valence electrons. The average molecular weight is 441 g/mol. The van der Waals surface area contributed by atoms with E-state index in [1.54, 1.807) is 11.3 Å². The molecule has 0 saturated carbocycles. The summed E-state index contributed by atoms with van der Waals surface area (Å²) in [5.74, 6) is -0.459. The van der Waals surface area contributed by atoms with Gasteiger partial charge in [0.2, 0.25) is 5.91 Å². The number of thioether (sulfide) groups is 1. The lowest BCUT2D eigenvalue weighted by Crippen LogP contribution is -2.15. The van der Waals surface area contributed by atoms with Gasteiger partial charge in [-0.05, 0) is 17.7 Å². The standard InChI is InChI=1S/C21H16N2O3S3/c1-26-20(25)18-14(13-7-3-2-4-8-13)11-27-19(18)23-17(24)12-28-21-22-15-9-5-6-10-16(15)29-21/h2-11H,12H2,1H3,(H,23,24). The number of carbonyl (C=O) groups is 2. The Morgan fingerprint density at radius 3 is 2.62 bits per heavy atom. The summed E-state index contributed by atoms with van der Waals surface area (Å²) < 4.78 is 6.88. The van der Waals surface area contributed by atoms with Gasteiger partial charge in [-0.2, -0.15) is 0 Å². The third-order valence-corrected chi connectivity index (χ3v) is 7.19. The Hall–Kier alpha value is -2.68. The van der Waals surface area contributed by atoms with E-state index in [-0.39, 0.29) is 11.7 Å². The number of benzene rings is 2. The lowest BCUT2D eigenvalue weighted by Gasteiger charge is -2.07. The molecule has 0 fully saturated rings. The van der Waals surface area contributed by atoms with Gasteiger partial charge < -0.3 is 10.1 Å². The fourth-order valence-corrected chi connectivity index (χ4v) is 5.63. The third-order valence-electron chi connectivity index (χ3n) is 4.12. The second-order valence-electron chi connectivity index (χ2n) is 6.00. The zero-order chi connectivity index (χ0) is 20.2. The molecule has 0 spiro atoms. The molecular weight excluding hydrogens is 424 g/mol. The smallest absolute Gasteiger partial charge is 0.341 e. The van der Waals surface area contributed by atoms with E-state index in [1.165, 1.54) is 30.2 Å². The van der Waals surface area contributed by atoms with Crippen molar-refractivity contribution in [1.82, 2.24) is 4.98 Å². The van der Waals surface area contributed by atoms with E-state index < -0.39 is 5.97 Å². The number of para-hydroxylation sites is 1. The number of methoxy groups -OCH3 is 1. The first kappa shape index (κ1) is 19.6. The van der Waals surface area contributed by atoms with Gasteiger partial charge in [0.15, 0.2) is 4.34 Å². The van der Waals surface area contributed by atoms with E-state index >= 15 is 0 Å². The maximum absolute atomic E-state index is 12.5. The van der Waals surface area contributed by atoms with E-state index in [0.29, 0.717) is 10.6 Å². The summed E-state index contributed by atoms with van der Waals surface area (Å²) >= 11 is 4.25. The first-order valence-corrected chi connectivity index (χ1v) is 11.4. The van der Waals surface area contributed by atoms with Gasteiger partial charge in [0.1, 0.15) is 10.6 Å². The molecule has 0 aliphatic rings. The predicted molar refractivity (Wildman–Crippen MR) is 120 cm³/mol. The van der Waals surface area contributed by atoms with Crippen LogP contribution in [0.2, 0.25) is 0 Å². The van der Waals surface area contributed by atoms with Gasteiger partial charge in [0.25, 0.3) is 0 Å². The molecule has 0 radical (unpaired) electrons. The van der Waals surface area contributed by atoms with Crippen molar-refractivity contribution in [2.45, 2.75) is 4.34 Å². The van der Waals surface area contributed by atoms with Crippen molar-refractivity contribution in [2.75, 3.05) is 18.2 Å². The third kappa shape index (κ3) is 4.34. The monoisotopic (exact) mass is 440 g/mol. The summed E-state index contributed by atoms with van der Waals surface area (Å²) in [6.07, 6.45) is 0. The maximum Gasteiger partial charge on any atom is 0.341 e. The summed E-state index contributed by atoms with van der Waals surface area (Å²) in [4.78, 5) is 29.4. The Balaban J connectivity index is 1.50. The predicted octanol–water partition coefficient (Wildman–Crippen LogP) is 5.54. The van der Waals surface area contributed by atoms with Crippen molar-refractivity contribution in [3.05, 3.63) is 65.5 Å². The van der Waals surface area contributed by atoms with Gasteiger partial charge in [0, 0.05) is 10.9 Å². The van der Waals surface area contributed by atoms with E-state index in [1.807, 2.05) is 60.0 Å². The first-order chi connectivity index (χ1) is 14.2. The Morgan fingerprint density at radius 2 is 1.86 bits per heavy atom. The van der Waals surface area contributed by atoms with Crippen LogP contribution in [0.3, 0.4) is 0 Å². The highest BCUT2D eigenvalue weighted by Gasteiger charge is 2.22. The number of hydrogen-bond acceptors (Lipinski definition) is 7. The fourth-order valence-electron chi connectivity index (χ4n) is 2.79. The molecule has 0 bridgehead atoms. The molecular formula is C21H16N2O3S3. The second-order valence-corrected chi connectivity index (χ2v) is 9.13. The number of carbonyl (C=O) groups excluding carboxylic acids is 2. The normalized spacial score (nSPS) is 10.8. The Morgan fingerprint density at radius 1 is 1.10 bits per heavy atom. The Kier molecular flexibility index (Phi) is 5.94. The van der Waals surface area contributed by atoms with Gasteiger partial charge in [-0.25, -0.2) is 9.78 Å². The molecule has 29 heavy (non-hydrogen) atoms. The molecule has 1 amide bonds. The SMILES string of the molecule is COC(=O)c1c(-c2ccccc2)csc1NC(=O)CSc1nc2ccccc2s1. The van der Waals surface area contributed by atoms with Crippen molar-refractivity contribution in [3.63, 3.8) is 0 Å². The number of esters is 1. The summed E-state index contributed by atoms with van der Waals surface area (Å²) in [6.45, 7) is 0. The molecule has 8 heteroatoms. The fraction of sp³-hybridized carbons (Fsp3) is 0.0952.